The highest BCUT2D eigenvalue weighted by Gasteiger charge is 2.27. The third kappa shape index (κ3) is 3.11. The topological polar surface area (TPSA) is 106 Å². The van der Waals surface area contributed by atoms with Crippen LogP contribution in [0.3, 0.4) is 0 Å². The van der Waals surface area contributed by atoms with Crippen molar-refractivity contribution in [2.45, 2.75) is 6.92 Å². The lowest BCUT2D eigenvalue weighted by Gasteiger charge is -2.08. The SMILES string of the molecule is CCOC(=O)/C(C(N)=S)=C1\NN=C(c2ccccc2O)O1. The molecular formula is C13H13N3O4S. The highest BCUT2D eigenvalue weighted by molar-refractivity contribution is 7.80. The molecule has 0 unspecified atom stereocenters. The van der Waals surface area contributed by atoms with Crippen molar-refractivity contribution in [2.75, 3.05) is 6.61 Å². The van der Waals surface area contributed by atoms with E-state index < -0.39 is 5.97 Å². The van der Waals surface area contributed by atoms with E-state index in [1.807, 2.05) is 0 Å². The van der Waals surface area contributed by atoms with Gasteiger partial charge in [-0.3, -0.25) is 0 Å². The van der Waals surface area contributed by atoms with Crippen molar-refractivity contribution in [3.63, 3.8) is 0 Å². The molecule has 0 saturated carbocycles. The molecule has 8 heteroatoms. The molecule has 21 heavy (non-hydrogen) atoms. The minimum absolute atomic E-state index is 0.00712. The van der Waals surface area contributed by atoms with Crippen molar-refractivity contribution in [3.8, 4) is 5.75 Å². The summed E-state index contributed by atoms with van der Waals surface area (Å²) in [7, 11) is 0. The average molecular weight is 307 g/mol. The Morgan fingerprint density at radius 3 is 2.86 bits per heavy atom. The summed E-state index contributed by atoms with van der Waals surface area (Å²) in [5, 5.41) is 13.6. The molecule has 2 rings (SSSR count). The van der Waals surface area contributed by atoms with E-state index in [1.165, 1.54) is 6.07 Å². The van der Waals surface area contributed by atoms with Crippen LogP contribution in [0.1, 0.15) is 12.5 Å². The summed E-state index contributed by atoms with van der Waals surface area (Å²) in [6.07, 6.45) is 0. The lowest BCUT2D eigenvalue weighted by molar-refractivity contribution is -0.138. The minimum atomic E-state index is -0.707. The summed E-state index contributed by atoms with van der Waals surface area (Å²) in [6, 6.07) is 6.48. The van der Waals surface area contributed by atoms with E-state index in [1.54, 1.807) is 25.1 Å². The molecule has 1 aromatic carbocycles. The van der Waals surface area contributed by atoms with Crippen LogP contribution in [0.4, 0.5) is 0 Å². The molecule has 4 N–H and O–H groups in total. The second-order valence-electron chi connectivity index (χ2n) is 3.94. The number of hydrogen-bond acceptors (Lipinski definition) is 7. The van der Waals surface area contributed by atoms with Crippen molar-refractivity contribution in [1.29, 1.82) is 0 Å². The molecule has 0 atom stereocenters. The summed E-state index contributed by atoms with van der Waals surface area (Å²) >= 11 is 4.82. The fourth-order valence-electron chi connectivity index (χ4n) is 1.63. The molecule has 110 valence electrons. The highest BCUT2D eigenvalue weighted by Crippen LogP contribution is 2.22. The number of carbonyl (C=O) groups excluding carboxylic acids is 1. The number of thiocarbonyl (C=S) groups is 1. The van der Waals surface area contributed by atoms with Crippen molar-refractivity contribution >= 4 is 29.1 Å². The molecule has 1 aliphatic heterocycles. The summed E-state index contributed by atoms with van der Waals surface area (Å²) in [4.78, 5) is 11.6. The van der Waals surface area contributed by atoms with Gasteiger partial charge in [0.15, 0.2) is 5.57 Å². The Kier molecular flexibility index (Phi) is 4.39. The van der Waals surface area contributed by atoms with E-state index in [2.05, 4.69) is 10.5 Å². The lowest BCUT2D eigenvalue weighted by Crippen LogP contribution is -2.25. The monoisotopic (exact) mass is 307 g/mol. The predicted octanol–water partition coefficient (Wildman–Crippen LogP) is 0.734. The van der Waals surface area contributed by atoms with Gasteiger partial charge in [-0.2, -0.15) is 0 Å². The molecule has 0 amide bonds. The molecule has 0 spiro atoms. The minimum Gasteiger partial charge on any atom is -0.507 e. The van der Waals surface area contributed by atoms with Crippen LogP contribution in [0.15, 0.2) is 40.8 Å². The number of nitrogens with one attached hydrogen (secondary N) is 1. The molecule has 0 fully saturated rings. The van der Waals surface area contributed by atoms with Gasteiger partial charge in [-0.25, -0.2) is 10.2 Å². The molecule has 1 heterocycles. The first kappa shape index (κ1) is 14.8. The third-order valence-corrected chi connectivity index (χ3v) is 2.75. The normalized spacial score (nSPS) is 15.6. The zero-order chi connectivity index (χ0) is 15.4. The molecule has 0 saturated heterocycles. The van der Waals surface area contributed by atoms with E-state index in [9.17, 15) is 9.90 Å². The van der Waals surface area contributed by atoms with E-state index >= 15 is 0 Å². The Hall–Kier alpha value is -2.61. The number of phenolic OH excluding ortho intramolecular Hbond substituents is 1. The number of phenols is 1. The summed E-state index contributed by atoms with van der Waals surface area (Å²) in [5.74, 6) is -0.645. The van der Waals surface area contributed by atoms with Crippen molar-refractivity contribution in [3.05, 3.63) is 41.3 Å². The van der Waals surface area contributed by atoms with E-state index in [-0.39, 0.29) is 34.7 Å². The van der Waals surface area contributed by atoms with Crippen molar-refractivity contribution in [2.24, 2.45) is 10.8 Å². The first-order valence-corrected chi connectivity index (χ1v) is 6.46. The van der Waals surface area contributed by atoms with Gasteiger partial charge in [0.05, 0.1) is 12.2 Å². The number of carbonyl (C=O) groups is 1. The molecule has 0 bridgehead atoms. The van der Waals surface area contributed by atoms with Gasteiger partial charge in [-0.1, -0.05) is 24.4 Å². The third-order valence-electron chi connectivity index (χ3n) is 2.55. The van der Waals surface area contributed by atoms with E-state index in [0.717, 1.165) is 0 Å². The summed E-state index contributed by atoms with van der Waals surface area (Å²) in [5.41, 5.74) is 8.29. The second kappa shape index (κ2) is 6.23. The number of hydrogen-bond donors (Lipinski definition) is 3. The number of para-hydroxylation sites is 1. The zero-order valence-electron chi connectivity index (χ0n) is 11.1. The number of ether oxygens (including phenoxy) is 2. The van der Waals surface area contributed by atoms with Gasteiger partial charge in [0.25, 0.3) is 0 Å². The Labute approximate surface area is 126 Å². The van der Waals surface area contributed by atoms with Gasteiger partial charge in [0, 0.05) is 0 Å². The van der Waals surface area contributed by atoms with Crippen LogP contribution in [0.2, 0.25) is 0 Å². The van der Waals surface area contributed by atoms with Crippen LogP contribution in [-0.2, 0) is 14.3 Å². The summed E-state index contributed by atoms with van der Waals surface area (Å²) < 4.78 is 10.3. The van der Waals surface area contributed by atoms with Crippen molar-refractivity contribution in [1.82, 2.24) is 5.43 Å². The second-order valence-corrected chi connectivity index (χ2v) is 4.38. The fourth-order valence-corrected chi connectivity index (χ4v) is 1.80. The molecule has 7 nitrogen and oxygen atoms in total. The van der Waals surface area contributed by atoms with Crippen LogP contribution < -0.4 is 11.2 Å². The Balaban J connectivity index is 2.30. The first-order chi connectivity index (χ1) is 10.0. The zero-order valence-corrected chi connectivity index (χ0v) is 11.9. The molecule has 0 radical (unpaired) electrons. The number of nitrogens with zero attached hydrogens (tertiary/aromatic N) is 1. The van der Waals surface area contributed by atoms with Crippen LogP contribution in [0.5, 0.6) is 5.75 Å². The molecule has 1 aliphatic rings. The maximum atomic E-state index is 11.8. The van der Waals surface area contributed by atoms with Crippen LogP contribution in [-0.4, -0.2) is 28.6 Å². The van der Waals surface area contributed by atoms with Gasteiger partial charge in [-0.05, 0) is 19.1 Å². The number of hydrazone groups is 1. The molecular weight excluding hydrogens is 294 g/mol. The van der Waals surface area contributed by atoms with Crippen molar-refractivity contribution < 1.29 is 19.4 Å². The van der Waals surface area contributed by atoms with Gasteiger partial charge >= 0.3 is 5.97 Å². The predicted molar refractivity (Wildman–Crippen MR) is 79.3 cm³/mol. The smallest absolute Gasteiger partial charge is 0.346 e. The van der Waals surface area contributed by atoms with Crippen LogP contribution in [0.25, 0.3) is 0 Å². The Morgan fingerprint density at radius 1 is 1.52 bits per heavy atom. The fraction of sp³-hybridized carbons (Fsp3) is 0.154. The standard InChI is InChI=1S/C13H13N3O4S/c1-2-19-13(18)9(10(14)21)12-16-15-11(20-12)7-5-3-4-6-8(7)17/h3-6,16-17H,2H2,1H3,(H2,14,21)/b12-9+. The van der Waals surface area contributed by atoms with Gasteiger partial charge < -0.3 is 20.3 Å². The average Bonchev–Trinajstić information content (AvgIpc) is 2.88. The van der Waals surface area contributed by atoms with Crippen LogP contribution in [0, 0.1) is 0 Å². The van der Waals surface area contributed by atoms with Gasteiger partial charge in [0.1, 0.15) is 10.7 Å². The number of nitrogens with two attached hydrogens (primary N) is 1. The number of rotatable bonds is 4. The molecule has 0 aliphatic carbocycles. The van der Waals surface area contributed by atoms with Gasteiger partial charge in [-0.15, -0.1) is 5.10 Å². The van der Waals surface area contributed by atoms with E-state index in [0.29, 0.717) is 5.56 Å². The van der Waals surface area contributed by atoms with Gasteiger partial charge in [0.2, 0.25) is 11.8 Å². The van der Waals surface area contributed by atoms with E-state index in [4.69, 9.17) is 27.4 Å². The summed E-state index contributed by atoms with van der Waals surface area (Å²) in [6.45, 7) is 1.83. The maximum Gasteiger partial charge on any atom is 0.346 e. The number of benzene rings is 1. The maximum absolute atomic E-state index is 11.8. The largest absolute Gasteiger partial charge is 0.507 e. The molecule has 0 aromatic heterocycles. The number of aromatic hydroxyl groups is 1. The van der Waals surface area contributed by atoms with Crippen LogP contribution >= 0.6 is 12.2 Å². The molecule has 1 aromatic rings. The number of esters is 1. The Bertz CT molecular complexity index is 655. The Morgan fingerprint density at radius 2 is 2.24 bits per heavy atom. The lowest BCUT2D eigenvalue weighted by atomic mass is 10.2. The highest BCUT2D eigenvalue weighted by atomic mass is 32.1. The quantitative estimate of drug-likeness (QED) is 0.428. The first-order valence-electron chi connectivity index (χ1n) is 6.05.